The van der Waals surface area contributed by atoms with Crippen molar-refractivity contribution in [1.82, 2.24) is 0 Å². The van der Waals surface area contributed by atoms with Crippen LogP contribution < -0.4 is 10.1 Å². The quantitative estimate of drug-likeness (QED) is 0.239. The molecule has 4 aromatic rings. The molecule has 1 heterocycles. The van der Waals surface area contributed by atoms with E-state index >= 15 is 0 Å². The van der Waals surface area contributed by atoms with Gasteiger partial charge in [0.1, 0.15) is 12.4 Å². The molecular formula is C29H23ClN2O3. The number of nitrogens with one attached hydrogen (secondary N) is 1. The van der Waals surface area contributed by atoms with E-state index in [1.54, 1.807) is 12.1 Å². The topological polar surface area (TPSA) is 64.4 Å². The number of nitro groups is 1. The van der Waals surface area contributed by atoms with Gasteiger partial charge in [-0.25, -0.2) is 0 Å². The Labute approximate surface area is 208 Å². The summed E-state index contributed by atoms with van der Waals surface area (Å²) >= 11 is 6.25. The maximum Gasteiger partial charge on any atom is 0.269 e. The van der Waals surface area contributed by atoms with E-state index in [0.717, 1.165) is 29.0 Å². The minimum Gasteiger partial charge on any atom is -0.489 e. The largest absolute Gasteiger partial charge is 0.489 e. The minimum absolute atomic E-state index is 0.0824. The Morgan fingerprint density at radius 3 is 2.51 bits per heavy atom. The van der Waals surface area contributed by atoms with Crippen molar-refractivity contribution in [1.29, 1.82) is 0 Å². The standard InChI is InChI=1S/C29H23ClN2O3/c30-26-8-4-2-6-20(26)17-35-22-12-9-18(10-13-22)29-25-15-19-5-1-3-7-23(19)28(25)24-16-21(32(33)34)11-14-27(24)31-29/h1-14,16,25,28-29,31H,15,17H2/t25-,28+,29-/m1/s1. The molecule has 0 saturated carbocycles. The van der Waals surface area contributed by atoms with E-state index in [1.807, 2.05) is 42.5 Å². The molecule has 4 aromatic carbocycles. The molecule has 0 radical (unpaired) electrons. The molecule has 0 fully saturated rings. The van der Waals surface area contributed by atoms with Gasteiger partial charge in [0, 0.05) is 34.3 Å². The number of rotatable bonds is 5. The Hall–Kier alpha value is -3.83. The summed E-state index contributed by atoms with van der Waals surface area (Å²) in [6.45, 7) is 0.410. The Morgan fingerprint density at radius 2 is 1.71 bits per heavy atom. The number of benzene rings is 4. The molecule has 3 atom stereocenters. The number of ether oxygens (including phenoxy) is 1. The van der Waals surface area contributed by atoms with Gasteiger partial charge in [-0.15, -0.1) is 0 Å². The van der Waals surface area contributed by atoms with Crippen molar-refractivity contribution in [3.8, 4) is 5.75 Å². The maximum atomic E-state index is 11.5. The van der Waals surface area contributed by atoms with Gasteiger partial charge in [-0.2, -0.15) is 0 Å². The molecule has 1 N–H and O–H groups in total. The monoisotopic (exact) mass is 482 g/mol. The molecule has 1 aliphatic carbocycles. The average Bonchev–Trinajstić information content (AvgIpc) is 3.28. The fourth-order valence-electron chi connectivity index (χ4n) is 5.54. The van der Waals surface area contributed by atoms with Crippen molar-refractivity contribution in [2.45, 2.75) is 25.0 Å². The van der Waals surface area contributed by atoms with Crippen LogP contribution in [-0.2, 0) is 13.0 Å². The molecule has 174 valence electrons. The third-order valence-corrected chi connectivity index (χ3v) is 7.55. The number of non-ortho nitro benzene ring substituents is 1. The fourth-order valence-corrected chi connectivity index (χ4v) is 5.73. The first-order valence-corrected chi connectivity index (χ1v) is 12.0. The van der Waals surface area contributed by atoms with Crippen LogP contribution in [0.3, 0.4) is 0 Å². The Morgan fingerprint density at radius 1 is 0.943 bits per heavy atom. The Bertz CT molecular complexity index is 1420. The average molecular weight is 483 g/mol. The number of halogens is 1. The molecule has 0 aromatic heterocycles. The summed E-state index contributed by atoms with van der Waals surface area (Å²) in [6.07, 6.45) is 0.922. The predicted molar refractivity (Wildman–Crippen MR) is 137 cm³/mol. The molecule has 6 rings (SSSR count). The van der Waals surface area contributed by atoms with Crippen LogP contribution in [0.5, 0.6) is 5.75 Å². The smallest absolute Gasteiger partial charge is 0.269 e. The molecule has 0 spiro atoms. The molecule has 0 bridgehead atoms. The van der Waals surface area contributed by atoms with Crippen LogP contribution in [0.25, 0.3) is 0 Å². The molecule has 2 aliphatic rings. The van der Waals surface area contributed by atoms with Gasteiger partial charge < -0.3 is 10.1 Å². The molecule has 5 nitrogen and oxygen atoms in total. The summed E-state index contributed by atoms with van der Waals surface area (Å²) in [5.74, 6) is 1.16. The van der Waals surface area contributed by atoms with Crippen LogP contribution in [0.2, 0.25) is 5.02 Å². The number of hydrogen-bond donors (Lipinski definition) is 1. The molecule has 0 saturated heterocycles. The van der Waals surface area contributed by atoms with Gasteiger partial charge in [-0.3, -0.25) is 10.1 Å². The van der Waals surface area contributed by atoms with E-state index < -0.39 is 0 Å². The second-order valence-electron chi connectivity index (χ2n) is 9.14. The number of anilines is 1. The highest BCUT2D eigenvalue weighted by Gasteiger charge is 2.43. The van der Waals surface area contributed by atoms with Gasteiger partial charge in [0.25, 0.3) is 5.69 Å². The van der Waals surface area contributed by atoms with E-state index in [2.05, 4.69) is 41.7 Å². The van der Waals surface area contributed by atoms with Crippen LogP contribution in [0.1, 0.15) is 39.8 Å². The summed E-state index contributed by atoms with van der Waals surface area (Å²) in [5, 5.41) is 15.9. The maximum absolute atomic E-state index is 11.5. The molecule has 6 heteroatoms. The summed E-state index contributed by atoms with van der Waals surface area (Å²) in [6, 6.07) is 29.6. The van der Waals surface area contributed by atoms with Crippen LogP contribution in [-0.4, -0.2) is 4.92 Å². The lowest BCUT2D eigenvalue weighted by Crippen LogP contribution is -2.30. The summed E-state index contributed by atoms with van der Waals surface area (Å²) in [4.78, 5) is 11.2. The third-order valence-electron chi connectivity index (χ3n) is 7.19. The zero-order valence-electron chi connectivity index (χ0n) is 18.9. The van der Waals surface area contributed by atoms with Crippen molar-refractivity contribution >= 4 is 23.0 Å². The van der Waals surface area contributed by atoms with E-state index in [-0.39, 0.29) is 28.5 Å². The van der Waals surface area contributed by atoms with Crippen molar-refractivity contribution < 1.29 is 9.66 Å². The van der Waals surface area contributed by atoms with Crippen molar-refractivity contribution in [3.05, 3.63) is 134 Å². The number of fused-ring (bicyclic) bond motifs is 5. The molecular weight excluding hydrogens is 460 g/mol. The zero-order chi connectivity index (χ0) is 23.9. The number of hydrogen-bond acceptors (Lipinski definition) is 4. The van der Waals surface area contributed by atoms with Crippen LogP contribution in [0, 0.1) is 16.0 Å². The van der Waals surface area contributed by atoms with E-state index in [4.69, 9.17) is 16.3 Å². The van der Waals surface area contributed by atoms with Crippen LogP contribution in [0.4, 0.5) is 11.4 Å². The van der Waals surface area contributed by atoms with Crippen molar-refractivity contribution in [2.24, 2.45) is 5.92 Å². The molecule has 35 heavy (non-hydrogen) atoms. The van der Waals surface area contributed by atoms with E-state index in [1.165, 1.54) is 16.7 Å². The fraction of sp³-hybridized carbons (Fsp3) is 0.172. The summed E-state index contributed by atoms with van der Waals surface area (Å²) in [5.41, 5.74) is 6.79. The van der Waals surface area contributed by atoms with E-state index in [0.29, 0.717) is 11.6 Å². The van der Waals surface area contributed by atoms with Gasteiger partial charge in [0.05, 0.1) is 11.0 Å². The highest BCUT2D eigenvalue weighted by molar-refractivity contribution is 6.31. The normalized spacial score (nSPS) is 19.7. The Balaban J connectivity index is 1.31. The van der Waals surface area contributed by atoms with Gasteiger partial charge in [0.15, 0.2) is 0 Å². The summed E-state index contributed by atoms with van der Waals surface area (Å²) < 4.78 is 5.98. The van der Waals surface area contributed by atoms with Gasteiger partial charge in [-0.05, 0) is 58.9 Å². The molecule has 0 unspecified atom stereocenters. The highest BCUT2D eigenvalue weighted by Crippen LogP contribution is 2.54. The van der Waals surface area contributed by atoms with Crippen molar-refractivity contribution in [2.75, 3.05) is 5.32 Å². The second-order valence-corrected chi connectivity index (χ2v) is 9.55. The number of nitrogens with zero attached hydrogens (tertiary/aromatic N) is 1. The first kappa shape index (κ1) is 21.7. The minimum atomic E-state index is -0.316. The lowest BCUT2D eigenvalue weighted by molar-refractivity contribution is -0.384. The van der Waals surface area contributed by atoms with Gasteiger partial charge in [-0.1, -0.05) is 66.2 Å². The molecule has 1 aliphatic heterocycles. The Kier molecular flexibility index (Phi) is 5.42. The predicted octanol–water partition coefficient (Wildman–Crippen LogP) is 7.30. The first-order valence-electron chi connectivity index (χ1n) is 11.7. The lowest BCUT2D eigenvalue weighted by Gasteiger charge is -2.38. The van der Waals surface area contributed by atoms with Gasteiger partial charge >= 0.3 is 0 Å². The first-order chi connectivity index (χ1) is 17.1. The number of nitro benzene ring substituents is 1. The van der Waals surface area contributed by atoms with Crippen molar-refractivity contribution in [3.63, 3.8) is 0 Å². The SMILES string of the molecule is O=[N+]([O-])c1ccc2c(c1)[C@@H]1c3ccccc3C[C@H]1[C@@H](c1ccc(OCc3ccccc3Cl)cc1)N2. The second kappa shape index (κ2) is 8.75. The van der Waals surface area contributed by atoms with Crippen LogP contribution >= 0.6 is 11.6 Å². The summed E-state index contributed by atoms with van der Waals surface area (Å²) in [7, 11) is 0. The lowest BCUT2D eigenvalue weighted by atomic mass is 9.75. The zero-order valence-corrected chi connectivity index (χ0v) is 19.6. The third kappa shape index (κ3) is 3.92. The van der Waals surface area contributed by atoms with Gasteiger partial charge in [0.2, 0.25) is 0 Å². The van der Waals surface area contributed by atoms with Crippen LogP contribution in [0.15, 0.2) is 91.0 Å². The van der Waals surface area contributed by atoms with E-state index in [9.17, 15) is 10.1 Å². The molecule has 0 amide bonds. The highest BCUT2D eigenvalue weighted by atomic mass is 35.5.